The second kappa shape index (κ2) is 4.70. The molecule has 1 N–H and O–H groups in total. The fraction of sp³-hybridized carbons (Fsp3) is 0.583. The van der Waals surface area contributed by atoms with Gasteiger partial charge in [0, 0.05) is 6.54 Å². The molecule has 0 saturated carbocycles. The molecule has 16 heavy (non-hydrogen) atoms. The van der Waals surface area contributed by atoms with Gasteiger partial charge in [0.1, 0.15) is 11.3 Å². The maximum absolute atomic E-state index is 10.9. The van der Waals surface area contributed by atoms with Crippen LogP contribution in [0.15, 0.2) is 16.7 Å². The zero-order chi connectivity index (χ0) is 11.5. The van der Waals surface area contributed by atoms with Gasteiger partial charge < -0.3 is 9.52 Å². The molecule has 1 aromatic heterocycles. The summed E-state index contributed by atoms with van der Waals surface area (Å²) in [4.78, 5) is 13.2. The molecule has 0 spiro atoms. The van der Waals surface area contributed by atoms with Crippen LogP contribution >= 0.6 is 0 Å². The van der Waals surface area contributed by atoms with E-state index in [1.54, 1.807) is 0 Å². The predicted molar refractivity (Wildman–Crippen MR) is 59.3 cm³/mol. The summed E-state index contributed by atoms with van der Waals surface area (Å²) in [6.45, 7) is 4.90. The number of aromatic carboxylic acids is 1. The summed E-state index contributed by atoms with van der Waals surface area (Å²) in [6, 6.07) is 1.52. The van der Waals surface area contributed by atoms with Crippen LogP contribution in [0, 0.1) is 5.92 Å². The number of nitrogens with zero attached hydrogens (tertiary/aromatic N) is 1. The Kier molecular flexibility index (Phi) is 3.29. The number of piperidine rings is 1. The highest BCUT2D eigenvalue weighted by Crippen LogP contribution is 2.20. The van der Waals surface area contributed by atoms with E-state index in [0.29, 0.717) is 23.8 Å². The number of carboxylic acids is 1. The van der Waals surface area contributed by atoms with Crippen molar-refractivity contribution in [2.45, 2.75) is 26.3 Å². The maximum Gasteiger partial charge on any atom is 0.339 e. The topological polar surface area (TPSA) is 53.7 Å². The van der Waals surface area contributed by atoms with E-state index in [1.807, 2.05) is 0 Å². The van der Waals surface area contributed by atoms with Crippen LogP contribution < -0.4 is 0 Å². The number of likely N-dealkylation sites (tertiary alicyclic amines) is 1. The highest BCUT2D eigenvalue weighted by Gasteiger charge is 2.20. The molecular formula is C12H17NO3. The molecule has 1 saturated heterocycles. The van der Waals surface area contributed by atoms with Gasteiger partial charge in [0.05, 0.1) is 12.8 Å². The predicted octanol–water partition coefficient (Wildman–Crippen LogP) is 2.21. The molecule has 0 amide bonds. The third-order valence-electron chi connectivity index (χ3n) is 3.08. The van der Waals surface area contributed by atoms with Gasteiger partial charge in [-0.1, -0.05) is 6.92 Å². The fourth-order valence-electron chi connectivity index (χ4n) is 2.29. The summed E-state index contributed by atoms with van der Waals surface area (Å²) in [6.07, 6.45) is 3.90. The van der Waals surface area contributed by atoms with E-state index in [2.05, 4.69) is 11.8 Å². The molecule has 0 radical (unpaired) electrons. The summed E-state index contributed by atoms with van der Waals surface area (Å²) < 4.78 is 5.24. The van der Waals surface area contributed by atoms with Gasteiger partial charge in [-0.25, -0.2) is 4.79 Å². The molecule has 4 nitrogen and oxygen atoms in total. The standard InChI is InChI=1S/C12H17NO3/c1-9-3-2-5-13(7-9)8-11-10(12(14)15)4-6-16-11/h4,6,9H,2-3,5,7-8H2,1H3,(H,14,15). The normalized spacial score (nSPS) is 22.2. The first kappa shape index (κ1) is 11.2. The van der Waals surface area contributed by atoms with Gasteiger partial charge in [-0.3, -0.25) is 4.90 Å². The molecule has 4 heteroatoms. The van der Waals surface area contributed by atoms with E-state index in [4.69, 9.17) is 9.52 Å². The SMILES string of the molecule is CC1CCCN(Cc2occc2C(=O)O)C1. The molecule has 1 unspecified atom stereocenters. The molecule has 0 aromatic carbocycles. The second-order valence-corrected chi connectivity index (χ2v) is 4.55. The number of rotatable bonds is 3. The maximum atomic E-state index is 10.9. The number of carboxylic acid groups (broad SMARTS) is 1. The van der Waals surface area contributed by atoms with Crippen molar-refractivity contribution in [3.05, 3.63) is 23.7 Å². The Balaban J connectivity index is 2.02. The first-order chi connectivity index (χ1) is 7.66. The van der Waals surface area contributed by atoms with Crippen LogP contribution in [0.4, 0.5) is 0 Å². The van der Waals surface area contributed by atoms with E-state index in [-0.39, 0.29) is 0 Å². The first-order valence-corrected chi connectivity index (χ1v) is 5.69. The van der Waals surface area contributed by atoms with Crippen molar-refractivity contribution < 1.29 is 14.3 Å². The quantitative estimate of drug-likeness (QED) is 0.853. The molecule has 1 atom stereocenters. The third-order valence-corrected chi connectivity index (χ3v) is 3.08. The lowest BCUT2D eigenvalue weighted by Gasteiger charge is -2.30. The number of carbonyl (C=O) groups is 1. The summed E-state index contributed by atoms with van der Waals surface area (Å²) >= 11 is 0. The zero-order valence-corrected chi connectivity index (χ0v) is 9.48. The van der Waals surface area contributed by atoms with Crippen LogP contribution in [0.25, 0.3) is 0 Å². The monoisotopic (exact) mass is 223 g/mol. The smallest absolute Gasteiger partial charge is 0.339 e. The van der Waals surface area contributed by atoms with E-state index in [9.17, 15) is 4.79 Å². The van der Waals surface area contributed by atoms with Crippen molar-refractivity contribution >= 4 is 5.97 Å². The average molecular weight is 223 g/mol. The van der Waals surface area contributed by atoms with E-state index in [0.717, 1.165) is 13.1 Å². The number of furan rings is 1. The molecule has 2 rings (SSSR count). The van der Waals surface area contributed by atoms with Crippen LogP contribution in [0.2, 0.25) is 0 Å². The summed E-state index contributed by atoms with van der Waals surface area (Å²) in [5.74, 6) is 0.354. The third kappa shape index (κ3) is 2.44. The Morgan fingerprint density at radius 1 is 1.69 bits per heavy atom. The van der Waals surface area contributed by atoms with Crippen molar-refractivity contribution in [3.63, 3.8) is 0 Å². The highest BCUT2D eigenvalue weighted by atomic mass is 16.4. The zero-order valence-electron chi connectivity index (χ0n) is 9.48. The minimum atomic E-state index is -0.909. The molecule has 88 valence electrons. The lowest BCUT2D eigenvalue weighted by Crippen LogP contribution is -2.33. The van der Waals surface area contributed by atoms with Crippen molar-refractivity contribution in [2.75, 3.05) is 13.1 Å². The largest absolute Gasteiger partial charge is 0.478 e. The molecule has 1 aliphatic rings. The van der Waals surface area contributed by atoms with Crippen molar-refractivity contribution in [2.24, 2.45) is 5.92 Å². The molecule has 0 aliphatic carbocycles. The van der Waals surface area contributed by atoms with Crippen molar-refractivity contribution in [1.29, 1.82) is 0 Å². The Hall–Kier alpha value is -1.29. The molecule has 0 bridgehead atoms. The van der Waals surface area contributed by atoms with Gasteiger partial charge in [0.15, 0.2) is 0 Å². The van der Waals surface area contributed by atoms with Crippen LogP contribution in [-0.2, 0) is 6.54 Å². The number of hydrogen-bond donors (Lipinski definition) is 1. The van der Waals surface area contributed by atoms with Crippen molar-refractivity contribution in [3.8, 4) is 0 Å². The molecule has 1 aromatic rings. The molecule has 1 aliphatic heterocycles. The van der Waals surface area contributed by atoms with E-state index < -0.39 is 5.97 Å². The van der Waals surface area contributed by atoms with Gasteiger partial charge in [0.2, 0.25) is 0 Å². The highest BCUT2D eigenvalue weighted by molar-refractivity contribution is 5.88. The van der Waals surface area contributed by atoms with Gasteiger partial charge in [0.25, 0.3) is 0 Å². The van der Waals surface area contributed by atoms with Crippen molar-refractivity contribution in [1.82, 2.24) is 4.90 Å². The lowest BCUT2D eigenvalue weighted by atomic mass is 10.0. The molecule has 2 heterocycles. The lowest BCUT2D eigenvalue weighted by molar-refractivity contribution is 0.0691. The fourth-order valence-corrected chi connectivity index (χ4v) is 2.29. The Morgan fingerprint density at radius 3 is 3.19 bits per heavy atom. The molecular weight excluding hydrogens is 206 g/mol. The van der Waals surface area contributed by atoms with E-state index in [1.165, 1.54) is 25.2 Å². The minimum Gasteiger partial charge on any atom is -0.478 e. The van der Waals surface area contributed by atoms with Crippen LogP contribution in [0.3, 0.4) is 0 Å². The summed E-state index contributed by atoms with van der Waals surface area (Å²) in [5, 5.41) is 8.96. The Bertz CT molecular complexity index is 372. The van der Waals surface area contributed by atoms with Gasteiger partial charge >= 0.3 is 5.97 Å². The van der Waals surface area contributed by atoms with E-state index >= 15 is 0 Å². The van der Waals surface area contributed by atoms with Gasteiger partial charge in [-0.2, -0.15) is 0 Å². The molecule has 1 fully saturated rings. The van der Waals surface area contributed by atoms with Gasteiger partial charge in [-0.15, -0.1) is 0 Å². The van der Waals surface area contributed by atoms with Gasteiger partial charge in [-0.05, 0) is 31.4 Å². The van der Waals surface area contributed by atoms with Crippen LogP contribution in [-0.4, -0.2) is 29.1 Å². The minimum absolute atomic E-state index is 0.290. The van der Waals surface area contributed by atoms with Crippen LogP contribution in [0.5, 0.6) is 0 Å². The summed E-state index contributed by atoms with van der Waals surface area (Å²) in [5.41, 5.74) is 0.290. The Labute approximate surface area is 94.9 Å². The first-order valence-electron chi connectivity index (χ1n) is 5.69. The average Bonchev–Trinajstić information content (AvgIpc) is 2.66. The van der Waals surface area contributed by atoms with Crippen LogP contribution in [0.1, 0.15) is 35.9 Å². The Morgan fingerprint density at radius 2 is 2.50 bits per heavy atom. The summed E-state index contributed by atoms with van der Waals surface area (Å²) in [7, 11) is 0. The number of hydrogen-bond acceptors (Lipinski definition) is 3. The second-order valence-electron chi connectivity index (χ2n) is 4.55.